The molecule has 7 heteroatoms. The third-order valence-electron chi connectivity index (χ3n) is 3.08. The van der Waals surface area contributed by atoms with E-state index in [4.69, 9.17) is 0 Å². The van der Waals surface area contributed by atoms with Gasteiger partial charge in [-0.3, -0.25) is 9.59 Å². The van der Waals surface area contributed by atoms with Crippen LogP contribution in [-0.4, -0.2) is 29.7 Å². The molecule has 20 heavy (non-hydrogen) atoms. The highest BCUT2D eigenvalue weighted by molar-refractivity contribution is 5.89. The van der Waals surface area contributed by atoms with Crippen molar-refractivity contribution in [1.82, 2.24) is 5.32 Å². The van der Waals surface area contributed by atoms with Gasteiger partial charge >= 0.3 is 12.1 Å². The summed E-state index contributed by atoms with van der Waals surface area (Å²) in [5, 5.41) is 1.92. The van der Waals surface area contributed by atoms with Gasteiger partial charge in [-0.15, -0.1) is 0 Å². The molecule has 1 atom stereocenters. The number of carbonyl (C=O) groups excluding carboxylic acids is 2. The summed E-state index contributed by atoms with van der Waals surface area (Å²) < 4.78 is 36.8. The van der Waals surface area contributed by atoms with Crippen LogP contribution >= 0.6 is 0 Å². The molecule has 2 amide bonds. The molecule has 0 heterocycles. The molecule has 0 saturated carbocycles. The van der Waals surface area contributed by atoms with E-state index >= 15 is 0 Å². The lowest BCUT2D eigenvalue weighted by atomic mass is 9.76. The van der Waals surface area contributed by atoms with Crippen molar-refractivity contribution < 1.29 is 22.8 Å². The van der Waals surface area contributed by atoms with E-state index in [1.807, 2.05) is 5.32 Å². The Bertz CT molecular complexity index is 403. The Balaban J connectivity index is 5.05. The second-order valence-electron chi connectivity index (χ2n) is 5.62. The second kappa shape index (κ2) is 6.37. The van der Waals surface area contributed by atoms with E-state index in [0.717, 1.165) is 0 Å². The minimum Gasteiger partial charge on any atom is -0.343 e. The average Bonchev–Trinajstić information content (AvgIpc) is 2.26. The van der Waals surface area contributed by atoms with E-state index in [0.29, 0.717) is 6.42 Å². The van der Waals surface area contributed by atoms with Gasteiger partial charge in [0.05, 0.1) is 5.41 Å². The van der Waals surface area contributed by atoms with Crippen LogP contribution < -0.4 is 5.32 Å². The third-order valence-corrected chi connectivity index (χ3v) is 3.08. The van der Waals surface area contributed by atoms with Crippen molar-refractivity contribution in [2.24, 2.45) is 10.4 Å². The number of hydrogen-bond donors (Lipinski definition) is 1. The molecule has 0 saturated heterocycles. The number of rotatable bonds is 5. The molecule has 0 rings (SSSR count). The first kappa shape index (κ1) is 18.6. The molecule has 4 nitrogen and oxygen atoms in total. The van der Waals surface area contributed by atoms with Gasteiger partial charge in [0.25, 0.3) is 5.91 Å². The van der Waals surface area contributed by atoms with Gasteiger partial charge in [0.1, 0.15) is 0 Å². The minimum atomic E-state index is -4.94. The highest BCUT2D eigenvalue weighted by Gasteiger charge is 2.44. The van der Waals surface area contributed by atoms with Gasteiger partial charge in [-0.1, -0.05) is 13.8 Å². The van der Waals surface area contributed by atoms with Crippen LogP contribution in [0.3, 0.4) is 0 Å². The summed E-state index contributed by atoms with van der Waals surface area (Å²) in [4.78, 5) is 26.6. The summed E-state index contributed by atoms with van der Waals surface area (Å²) >= 11 is 0. The lowest BCUT2D eigenvalue weighted by molar-refractivity contribution is -0.175. The summed E-state index contributed by atoms with van der Waals surface area (Å²) in [5.74, 6) is -2.41. The zero-order chi connectivity index (χ0) is 16.2. The second-order valence-corrected chi connectivity index (χ2v) is 5.62. The third kappa shape index (κ3) is 5.30. The molecule has 116 valence electrons. The Labute approximate surface area is 116 Å². The highest BCUT2D eigenvalue weighted by Crippen LogP contribution is 2.33. The monoisotopic (exact) mass is 294 g/mol. The number of carbonyl (C=O) groups is 2. The number of aliphatic imine (C=N–C) groups is 1. The maximum Gasteiger partial charge on any atom is 0.471 e. The maximum absolute atomic E-state index is 12.3. The molecule has 0 aromatic carbocycles. The Kier molecular flexibility index (Phi) is 5.92. The van der Waals surface area contributed by atoms with Gasteiger partial charge in [0.2, 0.25) is 0 Å². The molecular formula is C13H21F3N2O2. The van der Waals surface area contributed by atoms with Crippen molar-refractivity contribution >= 4 is 18.0 Å². The first-order valence-corrected chi connectivity index (χ1v) is 6.30. The molecule has 0 aromatic rings. The van der Waals surface area contributed by atoms with Gasteiger partial charge in [-0.2, -0.15) is 13.2 Å². The van der Waals surface area contributed by atoms with E-state index in [-0.39, 0.29) is 6.42 Å². The fraction of sp³-hybridized carbons (Fsp3) is 0.769. The van der Waals surface area contributed by atoms with E-state index in [2.05, 4.69) is 4.99 Å². The molecular weight excluding hydrogens is 273 g/mol. The van der Waals surface area contributed by atoms with Crippen molar-refractivity contribution in [1.29, 1.82) is 0 Å². The summed E-state index contributed by atoms with van der Waals surface area (Å²) in [6, 6.07) is 0. The van der Waals surface area contributed by atoms with Crippen LogP contribution in [0.5, 0.6) is 0 Å². The van der Waals surface area contributed by atoms with Crippen molar-refractivity contribution in [3.8, 4) is 0 Å². The Hall–Kier alpha value is -1.40. The lowest BCUT2D eigenvalue weighted by Crippen LogP contribution is -2.52. The van der Waals surface area contributed by atoms with Crippen molar-refractivity contribution in [3.63, 3.8) is 0 Å². The summed E-state index contributed by atoms with van der Waals surface area (Å²) in [5.41, 5.74) is -2.09. The fourth-order valence-electron chi connectivity index (χ4n) is 2.02. The molecule has 1 unspecified atom stereocenters. The number of alkyl halides is 3. The number of nitrogens with zero attached hydrogens (tertiary/aromatic N) is 1. The van der Waals surface area contributed by atoms with Crippen LogP contribution in [0.4, 0.5) is 13.2 Å². The summed E-state index contributed by atoms with van der Waals surface area (Å²) in [6.07, 6.45) is -3.12. The Morgan fingerprint density at radius 1 is 1.20 bits per heavy atom. The van der Waals surface area contributed by atoms with E-state index < -0.39 is 28.9 Å². The fourth-order valence-corrected chi connectivity index (χ4v) is 2.02. The lowest BCUT2D eigenvalue weighted by Gasteiger charge is -2.35. The van der Waals surface area contributed by atoms with Crippen LogP contribution in [0.15, 0.2) is 4.99 Å². The standard InChI is InChI=1S/C13H21F3N2O2/c1-6-12(5,9(19)17-7-2)8-11(3,4)18-10(20)13(14,15)16/h7H,6,8H2,1-5H3,(H,18,20)/b17-7+. The largest absolute Gasteiger partial charge is 0.471 e. The Morgan fingerprint density at radius 2 is 1.70 bits per heavy atom. The summed E-state index contributed by atoms with van der Waals surface area (Å²) in [6.45, 7) is 7.88. The number of halogens is 3. The highest BCUT2D eigenvalue weighted by atomic mass is 19.4. The molecule has 0 aliphatic rings. The zero-order valence-electron chi connectivity index (χ0n) is 12.4. The van der Waals surface area contributed by atoms with Crippen LogP contribution in [0.2, 0.25) is 0 Å². The maximum atomic E-state index is 12.3. The molecule has 0 aliphatic carbocycles. The van der Waals surface area contributed by atoms with Crippen LogP contribution in [0, 0.1) is 5.41 Å². The normalized spacial score (nSPS) is 16.0. The van der Waals surface area contributed by atoms with Crippen LogP contribution in [0.1, 0.15) is 47.5 Å². The average molecular weight is 294 g/mol. The van der Waals surface area contributed by atoms with Crippen molar-refractivity contribution in [3.05, 3.63) is 0 Å². The minimum absolute atomic E-state index is 0.0640. The van der Waals surface area contributed by atoms with Gasteiger partial charge in [-0.05, 0) is 33.6 Å². The summed E-state index contributed by atoms with van der Waals surface area (Å²) in [7, 11) is 0. The van der Waals surface area contributed by atoms with Gasteiger partial charge in [0.15, 0.2) is 0 Å². The van der Waals surface area contributed by atoms with Gasteiger partial charge < -0.3 is 5.32 Å². The van der Waals surface area contributed by atoms with Crippen LogP contribution in [-0.2, 0) is 9.59 Å². The first-order chi connectivity index (χ1) is 8.88. The number of hydrogen-bond acceptors (Lipinski definition) is 2. The van der Waals surface area contributed by atoms with Gasteiger partial charge in [-0.25, -0.2) is 4.99 Å². The smallest absolute Gasteiger partial charge is 0.343 e. The van der Waals surface area contributed by atoms with Crippen molar-refractivity contribution in [2.45, 2.75) is 59.2 Å². The molecule has 0 spiro atoms. The SMILES string of the molecule is C/C=N/C(=O)C(C)(CC)CC(C)(C)NC(=O)C(F)(F)F. The number of nitrogens with one attached hydrogen (secondary N) is 1. The van der Waals surface area contributed by atoms with E-state index in [1.54, 1.807) is 20.8 Å². The van der Waals surface area contributed by atoms with E-state index in [1.165, 1.54) is 20.1 Å². The molecule has 0 aromatic heterocycles. The first-order valence-electron chi connectivity index (χ1n) is 6.30. The quantitative estimate of drug-likeness (QED) is 0.793. The zero-order valence-corrected chi connectivity index (χ0v) is 12.4. The molecule has 0 bridgehead atoms. The molecule has 0 aliphatic heterocycles. The Morgan fingerprint density at radius 3 is 2.05 bits per heavy atom. The van der Waals surface area contributed by atoms with Crippen molar-refractivity contribution in [2.75, 3.05) is 0 Å². The predicted molar refractivity (Wildman–Crippen MR) is 70.5 cm³/mol. The number of amides is 2. The van der Waals surface area contributed by atoms with Crippen LogP contribution in [0.25, 0.3) is 0 Å². The van der Waals surface area contributed by atoms with E-state index in [9.17, 15) is 22.8 Å². The molecule has 1 N–H and O–H groups in total. The topological polar surface area (TPSA) is 58.5 Å². The predicted octanol–water partition coefficient (Wildman–Crippen LogP) is 2.87. The molecule has 0 fully saturated rings. The molecule has 0 radical (unpaired) electrons. The van der Waals surface area contributed by atoms with Gasteiger partial charge in [0, 0.05) is 11.8 Å².